The van der Waals surface area contributed by atoms with E-state index in [0.29, 0.717) is 12.5 Å². The summed E-state index contributed by atoms with van der Waals surface area (Å²) in [5.74, 6) is 2.92. The molecule has 6 rings (SSSR count). The minimum atomic E-state index is -0.0786. The number of hydrogen-bond donors (Lipinski definition) is 1. The van der Waals surface area contributed by atoms with Crippen molar-refractivity contribution in [1.29, 1.82) is 0 Å². The Kier molecular flexibility index (Phi) is 2.73. The second-order valence-corrected chi connectivity index (χ2v) is 8.85. The predicted molar refractivity (Wildman–Crippen MR) is 81.9 cm³/mol. The van der Waals surface area contributed by atoms with Gasteiger partial charge in [0.1, 0.15) is 0 Å². The van der Waals surface area contributed by atoms with Gasteiger partial charge in [-0.3, -0.25) is 9.59 Å². The number of nitrogens with zero attached hydrogens (tertiary/aromatic N) is 1. The summed E-state index contributed by atoms with van der Waals surface area (Å²) in [4.78, 5) is 27.1. The van der Waals surface area contributed by atoms with Gasteiger partial charge in [0, 0.05) is 24.4 Å². The quantitative estimate of drug-likeness (QED) is 0.868. The van der Waals surface area contributed by atoms with Crippen LogP contribution in [0.5, 0.6) is 0 Å². The van der Waals surface area contributed by atoms with Gasteiger partial charge in [0.2, 0.25) is 11.8 Å². The summed E-state index contributed by atoms with van der Waals surface area (Å²) in [6.07, 6.45) is 10.3. The molecule has 1 N–H and O–H groups in total. The first kappa shape index (κ1) is 13.4. The summed E-state index contributed by atoms with van der Waals surface area (Å²) in [6, 6.07) is 0.544. The number of nitrogens with one attached hydrogen (secondary N) is 1. The van der Waals surface area contributed by atoms with E-state index in [1.54, 1.807) is 0 Å². The van der Waals surface area contributed by atoms with Crippen molar-refractivity contribution in [2.45, 2.75) is 69.9 Å². The van der Waals surface area contributed by atoms with Gasteiger partial charge in [0.15, 0.2) is 0 Å². The third-order valence-corrected chi connectivity index (χ3v) is 7.00. The fourth-order valence-electron chi connectivity index (χ4n) is 6.29. The van der Waals surface area contributed by atoms with E-state index in [0.717, 1.165) is 56.4 Å². The van der Waals surface area contributed by atoms with Crippen molar-refractivity contribution in [2.75, 3.05) is 6.54 Å². The molecule has 4 heteroatoms. The summed E-state index contributed by atoms with van der Waals surface area (Å²) >= 11 is 0. The lowest BCUT2D eigenvalue weighted by molar-refractivity contribution is -0.146. The van der Waals surface area contributed by atoms with Crippen molar-refractivity contribution in [2.24, 2.45) is 23.2 Å². The predicted octanol–water partition coefficient (Wildman–Crippen LogP) is 2.08. The van der Waals surface area contributed by atoms with Gasteiger partial charge in [-0.1, -0.05) is 0 Å². The highest BCUT2D eigenvalue weighted by Crippen LogP contribution is 2.60. The zero-order valence-corrected chi connectivity index (χ0v) is 13.2. The zero-order valence-electron chi connectivity index (χ0n) is 13.2. The minimum absolute atomic E-state index is 0.0635. The van der Waals surface area contributed by atoms with Crippen LogP contribution in [0.15, 0.2) is 0 Å². The molecule has 0 spiro atoms. The van der Waals surface area contributed by atoms with E-state index in [1.165, 1.54) is 19.3 Å². The van der Waals surface area contributed by atoms with E-state index in [2.05, 4.69) is 5.32 Å². The van der Waals surface area contributed by atoms with Crippen LogP contribution >= 0.6 is 0 Å². The largest absolute Gasteiger partial charge is 0.351 e. The molecular weight excluding hydrogens is 276 g/mol. The number of carbonyl (C=O) groups is 2. The molecule has 1 saturated heterocycles. The standard InChI is InChI=1S/C18H26N2O2/c21-16-6-14(10-20(16)15-1-2-15)19-17(22)18-7-11-3-12(8-18)5-13(4-11)9-18/h11-15H,1-10H2,(H,19,22)/t11?,12?,13?,14-,18?/m1/s1. The van der Waals surface area contributed by atoms with Crippen molar-refractivity contribution in [3.63, 3.8) is 0 Å². The highest BCUT2D eigenvalue weighted by molar-refractivity contribution is 5.86. The Balaban J connectivity index is 1.28. The fraction of sp³-hybridized carbons (Fsp3) is 0.889. The number of rotatable bonds is 3. The molecule has 2 amide bonds. The molecule has 0 aromatic carbocycles. The minimum Gasteiger partial charge on any atom is -0.351 e. The van der Waals surface area contributed by atoms with E-state index < -0.39 is 0 Å². The van der Waals surface area contributed by atoms with Crippen molar-refractivity contribution in [3.05, 3.63) is 0 Å². The normalized spacial score (nSPS) is 46.4. The summed E-state index contributed by atoms with van der Waals surface area (Å²) in [6.45, 7) is 0.752. The van der Waals surface area contributed by atoms with E-state index >= 15 is 0 Å². The maximum absolute atomic E-state index is 13.0. The molecule has 1 heterocycles. The molecule has 1 atom stereocenters. The molecule has 5 saturated carbocycles. The fourth-order valence-corrected chi connectivity index (χ4v) is 6.29. The Hall–Kier alpha value is -1.06. The van der Waals surface area contributed by atoms with Crippen LogP contribution in [0.25, 0.3) is 0 Å². The summed E-state index contributed by atoms with van der Waals surface area (Å²) in [5, 5.41) is 3.28. The van der Waals surface area contributed by atoms with Gasteiger partial charge < -0.3 is 10.2 Å². The lowest BCUT2D eigenvalue weighted by atomic mass is 9.49. The zero-order chi connectivity index (χ0) is 14.9. The number of hydrogen-bond acceptors (Lipinski definition) is 2. The van der Waals surface area contributed by atoms with Gasteiger partial charge in [-0.15, -0.1) is 0 Å². The van der Waals surface area contributed by atoms with Crippen molar-refractivity contribution >= 4 is 11.8 Å². The van der Waals surface area contributed by atoms with Gasteiger partial charge in [-0.25, -0.2) is 0 Å². The number of likely N-dealkylation sites (tertiary alicyclic amines) is 1. The van der Waals surface area contributed by atoms with Crippen LogP contribution in [0.1, 0.15) is 57.8 Å². The van der Waals surface area contributed by atoms with Crippen LogP contribution in [0.2, 0.25) is 0 Å². The van der Waals surface area contributed by atoms with Crippen LogP contribution < -0.4 is 5.32 Å². The molecule has 0 unspecified atom stereocenters. The smallest absolute Gasteiger partial charge is 0.226 e. The van der Waals surface area contributed by atoms with Crippen molar-refractivity contribution in [3.8, 4) is 0 Å². The molecule has 22 heavy (non-hydrogen) atoms. The molecule has 0 aromatic heterocycles. The van der Waals surface area contributed by atoms with E-state index in [9.17, 15) is 9.59 Å². The maximum Gasteiger partial charge on any atom is 0.226 e. The molecule has 4 bridgehead atoms. The average Bonchev–Trinajstić information content (AvgIpc) is 3.22. The summed E-state index contributed by atoms with van der Waals surface area (Å²) in [7, 11) is 0. The highest BCUT2D eigenvalue weighted by atomic mass is 16.2. The third kappa shape index (κ3) is 2.02. The Morgan fingerprint density at radius 2 is 1.64 bits per heavy atom. The highest BCUT2D eigenvalue weighted by Gasteiger charge is 2.55. The Morgan fingerprint density at radius 1 is 1.05 bits per heavy atom. The first-order chi connectivity index (χ1) is 10.6. The molecule has 0 radical (unpaired) electrons. The van der Waals surface area contributed by atoms with E-state index in [-0.39, 0.29) is 23.3 Å². The molecule has 6 fully saturated rings. The molecule has 120 valence electrons. The van der Waals surface area contributed by atoms with Gasteiger partial charge in [-0.05, 0) is 69.1 Å². The van der Waals surface area contributed by atoms with Gasteiger partial charge in [-0.2, -0.15) is 0 Å². The van der Waals surface area contributed by atoms with E-state index in [4.69, 9.17) is 0 Å². The molecule has 4 nitrogen and oxygen atoms in total. The Morgan fingerprint density at radius 3 is 2.18 bits per heavy atom. The molecule has 5 aliphatic carbocycles. The second-order valence-electron chi connectivity index (χ2n) is 8.85. The second kappa shape index (κ2) is 4.48. The number of carbonyl (C=O) groups excluding carboxylic acids is 2. The van der Waals surface area contributed by atoms with Crippen LogP contribution in [-0.4, -0.2) is 35.3 Å². The first-order valence-corrected chi connectivity index (χ1v) is 9.22. The average molecular weight is 302 g/mol. The topological polar surface area (TPSA) is 49.4 Å². The summed E-state index contributed by atoms with van der Waals surface area (Å²) in [5.41, 5.74) is -0.0786. The molecular formula is C18H26N2O2. The van der Waals surface area contributed by atoms with Crippen molar-refractivity contribution < 1.29 is 9.59 Å². The van der Waals surface area contributed by atoms with Crippen molar-refractivity contribution in [1.82, 2.24) is 10.2 Å². The van der Waals surface area contributed by atoms with Crippen LogP contribution in [0.4, 0.5) is 0 Å². The van der Waals surface area contributed by atoms with Crippen LogP contribution in [0.3, 0.4) is 0 Å². The lowest BCUT2D eigenvalue weighted by Crippen LogP contribution is -2.55. The van der Waals surface area contributed by atoms with Crippen LogP contribution in [0, 0.1) is 23.2 Å². The SMILES string of the molecule is O=C1C[C@@H](NC(=O)C23CC4CC(CC(C4)C2)C3)CN1C1CC1. The molecule has 0 aromatic rings. The number of amides is 2. The lowest BCUT2D eigenvalue weighted by Gasteiger charge is -2.55. The third-order valence-electron chi connectivity index (χ3n) is 7.00. The Bertz CT molecular complexity index is 490. The molecule has 1 aliphatic heterocycles. The first-order valence-electron chi connectivity index (χ1n) is 9.22. The Labute approximate surface area is 132 Å². The van der Waals surface area contributed by atoms with Crippen LogP contribution in [-0.2, 0) is 9.59 Å². The molecule has 6 aliphatic rings. The van der Waals surface area contributed by atoms with Gasteiger partial charge in [0.25, 0.3) is 0 Å². The van der Waals surface area contributed by atoms with Gasteiger partial charge >= 0.3 is 0 Å². The monoisotopic (exact) mass is 302 g/mol. The van der Waals surface area contributed by atoms with Gasteiger partial charge in [0.05, 0.1) is 6.04 Å². The van der Waals surface area contributed by atoms with E-state index in [1.807, 2.05) is 4.90 Å². The summed E-state index contributed by atoms with van der Waals surface area (Å²) < 4.78 is 0. The maximum atomic E-state index is 13.0.